The summed E-state index contributed by atoms with van der Waals surface area (Å²) in [6.45, 7) is 1.39. The fraction of sp³-hybridized carbons (Fsp3) is 0.167. The quantitative estimate of drug-likeness (QED) is 0.412. The summed E-state index contributed by atoms with van der Waals surface area (Å²) in [6.07, 6.45) is 0.125. The van der Waals surface area contributed by atoms with Crippen LogP contribution >= 0.6 is 11.6 Å². The van der Waals surface area contributed by atoms with E-state index in [-0.39, 0.29) is 22.2 Å². The Bertz CT molecular complexity index is 1270. The molecule has 0 fully saturated rings. The Kier molecular flexibility index (Phi) is 8.27. The smallest absolute Gasteiger partial charge is 0.242 e. The van der Waals surface area contributed by atoms with E-state index >= 15 is 0 Å². The number of carbonyl (C=O) groups is 2. The number of amides is 2. The number of anilines is 2. The first-order valence-corrected chi connectivity index (χ1v) is 12.1. The van der Waals surface area contributed by atoms with Gasteiger partial charge in [-0.3, -0.25) is 9.59 Å². The summed E-state index contributed by atoms with van der Waals surface area (Å²) in [5.74, 6) is -0.422. The highest BCUT2D eigenvalue weighted by molar-refractivity contribution is 7.89. The Morgan fingerprint density at radius 1 is 0.941 bits per heavy atom. The summed E-state index contributed by atoms with van der Waals surface area (Å²) in [4.78, 5) is 24.2. The molecule has 10 heteroatoms. The Labute approximate surface area is 203 Å². The van der Waals surface area contributed by atoms with Crippen LogP contribution in [0.25, 0.3) is 0 Å². The molecule has 2 amide bonds. The van der Waals surface area contributed by atoms with E-state index in [0.29, 0.717) is 17.1 Å². The molecule has 3 aromatic carbocycles. The van der Waals surface area contributed by atoms with Gasteiger partial charge in [0.05, 0.1) is 17.0 Å². The van der Waals surface area contributed by atoms with Crippen molar-refractivity contribution in [2.45, 2.75) is 24.3 Å². The molecular formula is C24H24ClN3O5S. The Hall–Kier alpha value is -3.40. The lowest BCUT2D eigenvalue weighted by Gasteiger charge is -2.19. The van der Waals surface area contributed by atoms with Gasteiger partial charge < -0.3 is 15.4 Å². The molecule has 178 valence electrons. The standard InChI is InChI=1S/C24H24ClN3O5S/c1-16(29)26-18-8-10-19(11-9-18)27-24(30)22(14-17-6-4-3-5-7-17)28-34(31,32)20-12-13-23(33-2)21(25)15-20/h3-13,15,22,28H,14H2,1-2H3,(H,26,29)(H,27,30)/t22-/m1/s1. The monoisotopic (exact) mass is 501 g/mol. The van der Waals surface area contributed by atoms with E-state index in [1.54, 1.807) is 36.4 Å². The van der Waals surface area contributed by atoms with Crippen molar-refractivity contribution in [1.82, 2.24) is 4.72 Å². The lowest BCUT2D eigenvalue weighted by atomic mass is 10.1. The van der Waals surface area contributed by atoms with E-state index in [1.165, 1.54) is 32.2 Å². The molecule has 0 heterocycles. The zero-order valence-corrected chi connectivity index (χ0v) is 20.1. The molecule has 0 aliphatic carbocycles. The van der Waals surface area contributed by atoms with Gasteiger partial charge >= 0.3 is 0 Å². The molecule has 0 saturated heterocycles. The highest BCUT2D eigenvalue weighted by atomic mass is 35.5. The molecule has 0 saturated carbocycles. The van der Waals surface area contributed by atoms with E-state index in [2.05, 4.69) is 15.4 Å². The third-order valence-electron chi connectivity index (χ3n) is 4.80. The van der Waals surface area contributed by atoms with E-state index in [1.807, 2.05) is 18.2 Å². The predicted octanol–water partition coefficient (Wildman–Crippen LogP) is 3.84. The molecular weight excluding hydrogens is 478 g/mol. The van der Waals surface area contributed by atoms with Crippen LogP contribution in [0, 0.1) is 0 Å². The molecule has 0 aromatic heterocycles. The lowest BCUT2D eigenvalue weighted by molar-refractivity contribution is -0.117. The van der Waals surface area contributed by atoms with E-state index in [0.717, 1.165) is 5.56 Å². The average molecular weight is 502 g/mol. The van der Waals surface area contributed by atoms with Crippen LogP contribution in [0.1, 0.15) is 12.5 Å². The van der Waals surface area contributed by atoms with Crippen molar-refractivity contribution >= 4 is 44.8 Å². The van der Waals surface area contributed by atoms with Crippen LogP contribution in [0.5, 0.6) is 5.75 Å². The highest BCUT2D eigenvalue weighted by Gasteiger charge is 2.27. The SMILES string of the molecule is COc1ccc(S(=O)(=O)N[C@H](Cc2ccccc2)C(=O)Nc2ccc(NC(C)=O)cc2)cc1Cl. The average Bonchev–Trinajstić information content (AvgIpc) is 2.80. The minimum atomic E-state index is -4.08. The first kappa shape index (κ1) is 25.2. The number of rotatable bonds is 9. The number of sulfonamides is 1. The number of methoxy groups -OCH3 is 1. The van der Waals surface area contributed by atoms with E-state index < -0.39 is 22.0 Å². The summed E-state index contributed by atoms with van der Waals surface area (Å²) in [7, 11) is -2.66. The zero-order chi connectivity index (χ0) is 24.7. The first-order chi connectivity index (χ1) is 16.2. The van der Waals surface area contributed by atoms with Crippen LogP contribution in [0.2, 0.25) is 5.02 Å². The number of carbonyl (C=O) groups excluding carboxylic acids is 2. The van der Waals surface area contributed by atoms with Gasteiger partial charge in [-0.15, -0.1) is 0 Å². The van der Waals surface area contributed by atoms with Crippen molar-refractivity contribution in [3.05, 3.63) is 83.4 Å². The van der Waals surface area contributed by atoms with Crippen LogP contribution in [0.15, 0.2) is 77.7 Å². The number of halogens is 1. The minimum Gasteiger partial charge on any atom is -0.495 e. The van der Waals surface area contributed by atoms with E-state index in [9.17, 15) is 18.0 Å². The van der Waals surface area contributed by atoms with E-state index in [4.69, 9.17) is 16.3 Å². The van der Waals surface area contributed by atoms with Gasteiger partial charge in [-0.25, -0.2) is 8.42 Å². The summed E-state index contributed by atoms with van der Waals surface area (Å²) < 4.78 is 33.7. The number of hydrogen-bond acceptors (Lipinski definition) is 5. The predicted molar refractivity (Wildman–Crippen MR) is 132 cm³/mol. The molecule has 0 bridgehead atoms. The lowest BCUT2D eigenvalue weighted by Crippen LogP contribution is -2.45. The molecule has 0 aliphatic rings. The van der Waals surface area contributed by atoms with Crippen LogP contribution in [0.3, 0.4) is 0 Å². The number of ether oxygens (including phenoxy) is 1. The van der Waals surface area contributed by atoms with Crippen molar-refractivity contribution in [3.8, 4) is 5.75 Å². The third-order valence-corrected chi connectivity index (χ3v) is 6.57. The highest BCUT2D eigenvalue weighted by Crippen LogP contribution is 2.27. The zero-order valence-electron chi connectivity index (χ0n) is 18.5. The fourth-order valence-electron chi connectivity index (χ4n) is 3.18. The number of hydrogen-bond donors (Lipinski definition) is 3. The van der Waals surface area contributed by atoms with Crippen molar-refractivity contribution in [2.24, 2.45) is 0 Å². The van der Waals surface area contributed by atoms with Gasteiger partial charge in [0.1, 0.15) is 11.8 Å². The van der Waals surface area contributed by atoms with Crippen LogP contribution in [-0.2, 0) is 26.0 Å². The van der Waals surface area contributed by atoms with Crippen molar-refractivity contribution in [1.29, 1.82) is 0 Å². The molecule has 3 rings (SSSR count). The van der Waals surface area contributed by atoms with Gasteiger partial charge in [0.25, 0.3) is 0 Å². The largest absolute Gasteiger partial charge is 0.495 e. The summed E-state index contributed by atoms with van der Waals surface area (Å²) in [5, 5.41) is 5.49. The molecule has 0 spiro atoms. The van der Waals surface area contributed by atoms with Crippen LogP contribution in [0.4, 0.5) is 11.4 Å². The molecule has 0 aliphatic heterocycles. The first-order valence-electron chi connectivity index (χ1n) is 10.3. The second-order valence-electron chi connectivity index (χ2n) is 7.41. The maximum atomic E-state index is 13.1. The Morgan fingerprint density at radius 3 is 2.12 bits per heavy atom. The normalized spacial score (nSPS) is 12.0. The van der Waals surface area contributed by atoms with Gasteiger partial charge in [-0.2, -0.15) is 4.72 Å². The van der Waals surface area contributed by atoms with Gasteiger partial charge in [0.15, 0.2) is 0 Å². The van der Waals surface area contributed by atoms with Crippen LogP contribution in [-0.4, -0.2) is 33.4 Å². The van der Waals surface area contributed by atoms with Crippen molar-refractivity contribution < 1.29 is 22.7 Å². The molecule has 0 radical (unpaired) electrons. The Morgan fingerprint density at radius 2 is 1.56 bits per heavy atom. The third kappa shape index (κ3) is 6.80. The van der Waals surface area contributed by atoms with Gasteiger partial charge in [0, 0.05) is 18.3 Å². The van der Waals surface area contributed by atoms with Gasteiger partial charge in [-0.1, -0.05) is 41.9 Å². The van der Waals surface area contributed by atoms with Crippen LogP contribution < -0.4 is 20.1 Å². The molecule has 1 atom stereocenters. The van der Waals surface area contributed by atoms with Crippen molar-refractivity contribution in [3.63, 3.8) is 0 Å². The van der Waals surface area contributed by atoms with Gasteiger partial charge in [0.2, 0.25) is 21.8 Å². The second kappa shape index (κ2) is 11.1. The molecule has 3 aromatic rings. The molecule has 34 heavy (non-hydrogen) atoms. The van der Waals surface area contributed by atoms with Gasteiger partial charge in [-0.05, 0) is 54.4 Å². The number of nitrogens with one attached hydrogen (secondary N) is 3. The Balaban J connectivity index is 1.83. The molecule has 3 N–H and O–H groups in total. The molecule has 0 unspecified atom stereocenters. The van der Waals surface area contributed by atoms with Crippen molar-refractivity contribution in [2.75, 3.05) is 17.7 Å². The minimum absolute atomic E-state index is 0.0937. The molecule has 8 nitrogen and oxygen atoms in total. The number of benzene rings is 3. The maximum absolute atomic E-state index is 13.1. The maximum Gasteiger partial charge on any atom is 0.242 e. The fourth-order valence-corrected chi connectivity index (χ4v) is 4.72. The summed E-state index contributed by atoms with van der Waals surface area (Å²) in [6, 6.07) is 18.5. The summed E-state index contributed by atoms with van der Waals surface area (Å²) >= 11 is 6.09. The summed E-state index contributed by atoms with van der Waals surface area (Å²) in [5.41, 5.74) is 1.80. The topological polar surface area (TPSA) is 114 Å². The second-order valence-corrected chi connectivity index (χ2v) is 9.53.